The SMILES string of the molecule is CC(=O)c1c(C)cc(C)c(CSc2nnnn2C)c1C. The molecule has 106 valence electrons. The van der Waals surface area contributed by atoms with Gasteiger partial charge in [0.2, 0.25) is 5.16 Å². The van der Waals surface area contributed by atoms with Gasteiger partial charge < -0.3 is 0 Å². The molecule has 0 saturated heterocycles. The molecule has 0 bridgehead atoms. The van der Waals surface area contributed by atoms with E-state index in [1.165, 1.54) is 11.1 Å². The summed E-state index contributed by atoms with van der Waals surface area (Å²) >= 11 is 1.58. The highest BCUT2D eigenvalue weighted by atomic mass is 32.2. The maximum atomic E-state index is 11.8. The van der Waals surface area contributed by atoms with Crippen molar-refractivity contribution in [1.29, 1.82) is 0 Å². The average Bonchev–Trinajstić information content (AvgIpc) is 2.73. The molecule has 0 fully saturated rings. The van der Waals surface area contributed by atoms with Gasteiger partial charge in [-0.25, -0.2) is 4.68 Å². The standard InChI is InChI=1S/C14H18N4OS/c1-8-6-9(2)13(11(4)19)10(3)12(8)7-20-14-15-16-17-18(14)5/h6H,7H2,1-5H3. The fraction of sp³-hybridized carbons (Fsp3) is 0.429. The number of rotatable bonds is 4. The van der Waals surface area contributed by atoms with E-state index in [0.717, 1.165) is 27.6 Å². The molecule has 0 spiro atoms. The minimum absolute atomic E-state index is 0.117. The molecule has 0 unspecified atom stereocenters. The highest BCUT2D eigenvalue weighted by Gasteiger charge is 2.15. The molecule has 0 aliphatic carbocycles. The molecule has 0 amide bonds. The molecule has 20 heavy (non-hydrogen) atoms. The van der Waals surface area contributed by atoms with Crippen LogP contribution in [-0.2, 0) is 12.8 Å². The summed E-state index contributed by atoms with van der Waals surface area (Å²) in [6, 6.07) is 2.08. The summed E-state index contributed by atoms with van der Waals surface area (Å²) < 4.78 is 1.65. The number of hydrogen-bond acceptors (Lipinski definition) is 5. The second-order valence-corrected chi connectivity index (χ2v) is 5.86. The minimum atomic E-state index is 0.117. The van der Waals surface area contributed by atoms with Crippen molar-refractivity contribution in [3.05, 3.63) is 33.9 Å². The smallest absolute Gasteiger partial charge is 0.209 e. The lowest BCUT2D eigenvalue weighted by atomic mass is 9.92. The maximum Gasteiger partial charge on any atom is 0.209 e. The van der Waals surface area contributed by atoms with Crippen LogP contribution in [0.4, 0.5) is 0 Å². The van der Waals surface area contributed by atoms with E-state index in [0.29, 0.717) is 0 Å². The summed E-state index contributed by atoms with van der Waals surface area (Å²) in [5.41, 5.74) is 5.34. The lowest BCUT2D eigenvalue weighted by Crippen LogP contribution is -2.05. The van der Waals surface area contributed by atoms with Crippen molar-refractivity contribution in [1.82, 2.24) is 20.2 Å². The topological polar surface area (TPSA) is 60.7 Å². The van der Waals surface area contributed by atoms with Crippen molar-refractivity contribution in [2.45, 2.75) is 38.6 Å². The summed E-state index contributed by atoms with van der Waals surface area (Å²) in [7, 11) is 1.82. The van der Waals surface area contributed by atoms with Crippen molar-refractivity contribution in [2.75, 3.05) is 0 Å². The molecule has 1 aromatic carbocycles. The molecule has 5 nitrogen and oxygen atoms in total. The van der Waals surface area contributed by atoms with Crippen LogP contribution in [0.15, 0.2) is 11.2 Å². The maximum absolute atomic E-state index is 11.8. The summed E-state index contributed by atoms with van der Waals surface area (Å²) in [4.78, 5) is 11.8. The quantitative estimate of drug-likeness (QED) is 0.640. The molecule has 1 aromatic heterocycles. The third kappa shape index (κ3) is 2.75. The Morgan fingerprint density at radius 1 is 1.30 bits per heavy atom. The van der Waals surface area contributed by atoms with Gasteiger partial charge in [-0.05, 0) is 60.4 Å². The third-order valence-electron chi connectivity index (χ3n) is 3.41. The number of thioether (sulfide) groups is 1. The van der Waals surface area contributed by atoms with Crippen LogP contribution >= 0.6 is 11.8 Å². The van der Waals surface area contributed by atoms with Crippen molar-refractivity contribution in [2.24, 2.45) is 7.05 Å². The number of carbonyl (C=O) groups is 1. The Balaban J connectivity index is 2.34. The van der Waals surface area contributed by atoms with Gasteiger partial charge >= 0.3 is 0 Å². The first-order chi connectivity index (χ1) is 9.41. The van der Waals surface area contributed by atoms with Crippen molar-refractivity contribution >= 4 is 17.5 Å². The normalized spacial score (nSPS) is 10.8. The Bertz CT molecular complexity index is 663. The highest BCUT2D eigenvalue weighted by molar-refractivity contribution is 7.98. The molecule has 0 saturated carbocycles. The van der Waals surface area contributed by atoms with E-state index in [1.54, 1.807) is 23.4 Å². The molecule has 2 rings (SSSR count). The van der Waals surface area contributed by atoms with Gasteiger partial charge in [-0.15, -0.1) is 5.10 Å². The van der Waals surface area contributed by atoms with E-state index in [4.69, 9.17) is 0 Å². The van der Waals surface area contributed by atoms with Gasteiger partial charge in [0.1, 0.15) is 0 Å². The molecule has 2 aromatic rings. The lowest BCUT2D eigenvalue weighted by molar-refractivity contribution is 0.101. The van der Waals surface area contributed by atoms with Crippen LogP contribution in [-0.4, -0.2) is 26.0 Å². The summed E-state index contributed by atoms with van der Waals surface area (Å²) in [6.07, 6.45) is 0. The van der Waals surface area contributed by atoms with Gasteiger partial charge in [0, 0.05) is 18.4 Å². The lowest BCUT2D eigenvalue weighted by Gasteiger charge is -2.15. The third-order valence-corrected chi connectivity index (χ3v) is 4.45. The zero-order chi connectivity index (χ0) is 14.9. The zero-order valence-corrected chi connectivity index (χ0v) is 13.2. The predicted octanol–water partition coefficient (Wildman–Crippen LogP) is 2.63. The summed E-state index contributed by atoms with van der Waals surface area (Å²) in [6.45, 7) is 7.70. The van der Waals surface area contributed by atoms with Crippen LogP contribution in [0.25, 0.3) is 0 Å². The van der Waals surface area contributed by atoms with Gasteiger partial charge in [-0.3, -0.25) is 4.79 Å². The van der Waals surface area contributed by atoms with E-state index in [-0.39, 0.29) is 5.78 Å². The minimum Gasteiger partial charge on any atom is -0.294 e. The molecule has 1 heterocycles. The molecule has 0 aliphatic heterocycles. The van der Waals surface area contributed by atoms with E-state index < -0.39 is 0 Å². The molecule has 0 atom stereocenters. The van der Waals surface area contributed by atoms with E-state index in [2.05, 4.69) is 28.5 Å². The molecular weight excluding hydrogens is 272 g/mol. The Morgan fingerprint density at radius 3 is 2.55 bits per heavy atom. The Labute approximate surface area is 122 Å². The number of hydrogen-bond donors (Lipinski definition) is 0. The van der Waals surface area contributed by atoms with Crippen LogP contribution < -0.4 is 0 Å². The number of Topliss-reactive ketones (excluding diaryl/α,β-unsaturated/α-hetero) is 1. The molecule has 0 N–H and O–H groups in total. The van der Waals surface area contributed by atoms with Gasteiger partial charge in [0.25, 0.3) is 0 Å². The average molecular weight is 290 g/mol. The monoisotopic (exact) mass is 290 g/mol. The summed E-state index contributed by atoms with van der Waals surface area (Å²) in [5.74, 6) is 0.874. The predicted molar refractivity (Wildman–Crippen MR) is 79.0 cm³/mol. The van der Waals surface area contributed by atoms with Gasteiger partial charge in [-0.2, -0.15) is 0 Å². The van der Waals surface area contributed by atoms with Crippen LogP contribution in [0, 0.1) is 20.8 Å². The van der Waals surface area contributed by atoms with Crippen molar-refractivity contribution < 1.29 is 4.79 Å². The number of tetrazole rings is 1. The van der Waals surface area contributed by atoms with Gasteiger partial charge in [0.15, 0.2) is 5.78 Å². The fourth-order valence-electron chi connectivity index (χ4n) is 2.47. The first kappa shape index (κ1) is 14.7. The number of aromatic nitrogens is 4. The molecule has 0 aliphatic rings. The van der Waals surface area contributed by atoms with E-state index >= 15 is 0 Å². The highest BCUT2D eigenvalue weighted by Crippen LogP contribution is 2.28. The number of carbonyl (C=O) groups excluding carboxylic acids is 1. The largest absolute Gasteiger partial charge is 0.294 e. The van der Waals surface area contributed by atoms with Gasteiger partial charge in [-0.1, -0.05) is 17.8 Å². The van der Waals surface area contributed by atoms with Gasteiger partial charge in [0.05, 0.1) is 0 Å². The Kier molecular flexibility index (Phi) is 4.23. The zero-order valence-electron chi connectivity index (χ0n) is 12.4. The number of nitrogens with zero attached hydrogens (tertiary/aromatic N) is 4. The fourth-order valence-corrected chi connectivity index (χ4v) is 3.51. The first-order valence-electron chi connectivity index (χ1n) is 6.37. The van der Waals surface area contributed by atoms with E-state index in [1.807, 2.05) is 20.9 Å². The first-order valence-corrected chi connectivity index (χ1v) is 7.36. The molecule has 0 radical (unpaired) electrons. The van der Waals surface area contributed by atoms with Crippen molar-refractivity contribution in [3.63, 3.8) is 0 Å². The number of ketones is 1. The second kappa shape index (κ2) is 5.75. The van der Waals surface area contributed by atoms with Crippen LogP contribution in [0.1, 0.15) is 39.5 Å². The van der Waals surface area contributed by atoms with Crippen LogP contribution in [0.3, 0.4) is 0 Å². The second-order valence-electron chi connectivity index (χ2n) is 4.92. The van der Waals surface area contributed by atoms with Crippen LogP contribution in [0.2, 0.25) is 0 Å². The van der Waals surface area contributed by atoms with Crippen LogP contribution in [0.5, 0.6) is 0 Å². The Hall–Kier alpha value is -1.69. The number of benzene rings is 1. The molecule has 6 heteroatoms. The number of aryl methyl sites for hydroxylation is 3. The van der Waals surface area contributed by atoms with Crippen molar-refractivity contribution in [3.8, 4) is 0 Å². The molecular formula is C14H18N4OS. The van der Waals surface area contributed by atoms with E-state index in [9.17, 15) is 4.79 Å². The Morgan fingerprint density at radius 2 is 2.00 bits per heavy atom. The summed E-state index contributed by atoms with van der Waals surface area (Å²) in [5, 5.41) is 12.2.